The van der Waals surface area contributed by atoms with Gasteiger partial charge in [-0.3, -0.25) is 4.72 Å². The first kappa shape index (κ1) is 15.6. The Morgan fingerprint density at radius 3 is 2.62 bits per heavy atom. The van der Waals surface area contributed by atoms with Crippen molar-refractivity contribution in [1.29, 1.82) is 5.26 Å². The zero-order chi connectivity index (χ0) is 15.8. The van der Waals surface area contributed by atoms with Gasteiger partial charge in [-0.15, -0.1) is 11.3 Å². The van der Waals surface area contributed by atoms with E-state index in [9.17, 15) is 8.42 Å². The van der Waals surface area contributed by atoms with Crippen molar-refractivity contribution in [2.24, 2.45) is 0 Å². The molecule has 0 spiro atoms. The van der Waals surface area contributed by atoms with E-state index in [1.54, 1.807) is 6.92 Å². The second-order valence-corrected chi connectivity index (χ2v) is 7.70. The molecular formula is C13H12ClN3O2S2. The third kappa shape index (κ3) is 2.97. The number of halogens is 1. The summed E-state index contributed by atoms with van der Waals surface area (Å²) in [6, 6.07) is 6.08. The van der Waals surface area contributed by atoms with Crippen molar-refractivity contribution in [3.8, 4) is 6.07 Å². The number of nitrogen functional groups attached to an aromatic ring is 1. The molecule has 5 nitrogen and oxygen atoms in total. The number of hydrogen-bond acceptors (Lipinski definition) is 5. The molecule has 0 unspecified atom stereocenters. The number of benzene rings is 1. The lowest BCUT2D eigenvalue weighted by atomic mass is 10.2. The molecule has 0 fully saturated rings. The molecule has 0 aliphatic rings. The molecule has 1 heterocycles. The van der Waals surface area contributed by atoms with Crippen LogP contribution in [-0.2, 0) is 10.0 Å². The fourth-order valence-corrected chi connectivity index (χ4v) is 4.17. The van der Waals surface area contributed by atoms with E-state index >= 15 is 0 Å². The monoisotopic (exact) mass is 341 g/mol. The Labute approximate surface area is 132 Å². The summed E-state index contributed by atoms with van der Waals surface area (Å²) in [5.41, 5.74) is 6.91. The van der Waals surface area contributed by atoms with Crippen LogP contribution in [0.2, 0.25) is 5.02 Å². The molecule has 21 heavy (non-hydrogen) atoms. The molecule has 8 heteroatoms. The molecule has 0 aliphatic heterocycles. The topological polar surface area (TPSA) is 96.0 Å². The van der Waals surface area contributed by atoms with Gasteiger partial charge in [0.15, 0.2) is 0 Å². The molecule has 0 saturated heterocycles. The second-order valence-electron chi connectivity index (χ2n) is 4.39. The number of nitrogens with zero attached hydrogens (tertiary/aromatic N) is 1. The van der Waals surface area contributed by atoms with Crippen molar-refractivity contribution in [3.63, 3.8) is 0 Å². The largest absolute Gasteiger partial charge is 0.397 e. The van der Waals surface area contributed by atoms with Gasteiger partial charge in [0, 0.05) is 4.88 Å². The molecule has 2 aromatic rings. The summed E-state index contributed by atoms with van der Waals surface area (Å²) in [5.74, 6) is 0. The molecule has 3 N–H and O–H groups in total. The fourth-order valence-electron chi connectivity index (χ4n) is 1.70. The molecule has 0 bridgehead atoms. The van der Waals surface area contributed by atoms with E-state index < -0.39 is 10.0 Å². The maximum atomic E-state index is 12.3. The number of thiophene rings is 1. The van der Waals surface area contributed by atoms with E-state index in [2.05, 4.69) is 4.72 Å². The van der Waals surface area contributed by atoms with Crippen LogP contribution in [0.3, 0.4) is 0 Å². The lowest BCUT2D eigenvalue weighted by molar-refractivity contribution is 0.601. The van der Waals surface area contributed by atoms with Crippen molar-refractivity contribution in [3.05, 3.63) is 39.2 Å². The third-order valence-electron chi connectivity index (χ3n) is 3.00. The van der Waals surface area contributed by atoms with Crippen LogP contribution in [0, 0.1) is 25.2 Å². The van der Waals surface area contributed by atoms with Crippen LogP contribution in [0.5, 0.6) is 0 Å². The molecule has 0 atom stereocenters. The molecule has 2 rings (SSSR count). The summed E-state index contributed by atoms with van der Waals surface area (Å²) < 4.78 is 27.1. The van der Waals surface area contributed by atoms with Gasteiger partial charge >= 0.3 is 0 Å². The summed E-state index contributed by atoms with van der Waals surface area (Å²) in [4.78, 5) is 0.886. The van der Waals surface area contributed by atoms with Crippen molar-refractivity contribution >= 4 is 43.6 Å². The highest BCUT2D eigenvalue weighted by atomic mass is 35.5. The van der Waals surface area contributed by atoms with E-state index in [0.717, 1.165) is 10.4 Å². The Bertz CT molecular complexity index is 851. The van der Waals surface area contributed by atoms with E-state index in [1.165, 1.54) is 29.5 Å². The Kier molecular flexibility index (Phi) is 4.14. The number of nitriles is 1. The fraction of sp³-hybridized carbons (Fsp3) is 0.154. The molecular weight excluding hydrogens is 330 g/mol. The third-order valence-corrected chi connectivity index (χ3v) is 5.95. The van der Waals surface area contributed by atoms with E-state index in [0.29, 0.717) is 10.6 Å². The molecule has 0 aliphatic carbocycles. The quantitative estimate of drug-likeness (QED) is 0.837. The zero-order valence-electron chi connectivity index (χ0n) is 11.3. The molecule has 0 amide bonds. The highest BCUT2D eigenvalue weighted by molar-refractivity contribution is 7.93. The molecule has 1 aromatic heterocycles. The van der Waals surface area contributed by atoms with Gasteiger partial charge in [-0.05, 0) is 37.6 Å². The maximum absolute atomic E-state index is 12.3. The lowest BCUT2D eigenvalue weighted by Gasteiger charge is -2.08. The Balaban J connectivity index is 2.45. The van der Waals surface area contributed by atoms with Crippen LogP contribution in [-0.4, -0.2) is 8.42 Å². The lowest BCUT2D eigenvalue weighted by Crippen LogP contribution is -2.13. The van der Waals surface area contributed by atoms with Gasteiger partial charge in [0.25, 0.3) is 10.0 Å². The van der Waals surface area contributed by atoms with Gasteiger partial charge in [-0.2, -0.15) is 5.26 Å². The minimum atomic E-state index is -3.82. The molecule has 110 valence electrons. The molecule has 0 saturated carbocycles. The van der Waals surface area contributed by atoms with Crippen LogP contribution in [0.1, 0.15) is 16.0 Å². The van der Waals surface area contributed by atoms with Crippen molar-refractivity contribution in [1.82, 2.24) is 0 Å². The first-order valence-electron chi connectivity index (χ1n) is 5.84. The van der Waals surface area contributed by atoms with Crippen molar-refractivity contribution < 1.29 is 8.42 Å². The standard InChI is InChI=1S/C13H12ClN3O2S2/c1-7-8(2)20-13(10(7)6-15)17-21(18,19)9-3-4-11(14)12(16)5-9/h3-5,17H,16H2,1-2H3. The normalized spacial score (nSPS) is 11.1. The minimum absolute atomic E-state index is 0.00278. The summed E-state index contributed by atoms with van der Waals surface area (Å²) in [6.45, 7) is 3.61. The van der Waals surface area contributed by atoms with Crippen LogP contribution in [0.25, 0.3) is 0 Å². The highest BCUT2D eigenvalue weighted by Gasteiger charge is 2.20. The first-order valence-corrected chi connectivity index (χ1v) is 8.52. The average molecular weight is 342 g/mol. The van der Waals surface area contributed by atoms with Crippen molar-refractivity contribution in [2.45, 2.75) is 18.7 Å². The number of nitrogens with two attached hydrogens (primary N) is 1. The van der Waals surface area contributed by atoms with Crippen LogP contribution in [0.15, 0.2) is 23.1 Å². The van der Waals surface area contributed by atoms with Crippen LogP contribution < -0.4 is 10.5 Å². The van der Waals surface area contributed by atoms with E-state index in [4.69, 9.17) is 22.6 Å². The predicted molar refractivity (Wildman–Crippen MR) is 85.2 cm³/mol. The summed E-state index contributed by atoms with van der Waals surface area (Å²) in [6.07, 6.45) is 0. The summed E-state index contributed by atoms with van der Waals surface area (Å²) in [7, 11) is -3.82. The van der Waals surface area contributed by atoms with Gasteiger partial charge in [-0.1, -0.05) is 11.6 Å². The van der Waals surface area contributed by atoms with Gasteiger partial charge in [-0.25, -0.2) is 8.42 Å². The summed E-state index contributed by atoms with van der Waals surface area (Å²) in [5, 5.41) is 9.74. The number of aryl methyl sites for hydroxylation is 1. The Morgan fingerprint density at radius 2 is 2.05 bits per heavy atom. The molecule has 1 aromatic carbocycles. The van der Waals surface area contributed by atoms with Gasteiger partial charge in [0.2, 0.25) is 0 Å². The molecule has 0 radical (unpaired) electrons. The minimum Gasteiger partial charge on any atom is -0.397 e. The smallest absolute Gasteiger partial charge is 0.262 e. The van der Waals surface area contributed by atoms with Gasteiger partial charge in [0.05, 0.1) is 21.2 Å². The van der Waals surface area contributed by atoms with E-state index in [1.807, 2.05) is 13.0 Å². The first-order chi connectivity index (χ1) is 9.76. The number of hydrogen-bond donors (Lipinski definition) is 2. The number of anilines is 2. The highest BCUT2D eigenvalue weighted by Crippen LogP contribution is 2.33. The van der Waals surface area contributed by atoms with E-state index in [-0.39, 0.29) is 15.6 Å². The number of sulfonamides is 1. The van der Waals surface area contributed by atoms with Gasteiger partial charge < -0.3 is 5.73 Å². The average Bonchev–Trinajstić information content (AvgIpc) is 2.66. The van der Waals surface area contributed by atoms with Crippen molar-refractivity contribution in [2.75, 3.05) is 10.5 Å². The number of rotatable bonds is 3. The number of nitrogens with one attached hydrogen (secondary N) is 1. The Morgan fingerprint density at radius 1 is 1.38 bits per heavy atom. The predicted octanol–water partition coefficient (Wildman–Crippen LogP) is 3.27. The second kappa shape index (κ2) is 5.56. The van der Waals surface area contributed by atoms with Crippen LogP contribution in [0.4, 0.5) is 10.7 Å². The van der Waals surface area contributed by atoms with Gasteiger partial charge in [0.1, 0.15) is 11.1 Å². The SMILES string of the molecule is Cc1sc(NS(=O)(=O)c2ccc(Cl)c(N)c2)c(C#N)c1C. The summed E-state index contributed by atoms with van der Waals surface area (Å²) >= 11 is 7.01. The maximum Gasteiger partial charge on any atom is 0.262 e. The Hall–Kier alpha value is -1.75. The zero-order valence-corrected chi connectivity index (χ0v) is 13.7. The van der Waals surface area contributed by atoms with Crippen LogP contribution >= 0.6 is 22.9 Å².